The van der Waals surface area contributed by atoms with Crippen LogP contribution in [0.15, 0.2) is 0 Å². The Kier molecular flexibility index (Phi) is 6.67. The normalized spacial score (nSPS) is 14.4. The lowest BCUT2D eigenvalue weighted by Crippen LogP contribution is -2.23. The molecule has 0 radical (unpaired) electrons. The van der Waals surface area contributed by atoms with E-state index in [0.717, 1.165) is 0 Å². The van der Waals surface area contributed by atoms with Crippen LogP contribution in [0.5, 0.6) is 0 Å². The summed E-state index contributed by atoms with van der Waals surface area (Å²) in [5.41, 5.74) is 0. The number of esters is 1. The monoisotopic (exact) mass is 215 g/mol. The first kappa shape index (κ1) is 13.9. The molecule has 15 heavy (non-hydrogen) atoms. The van der Waals surface area contributed by atoms with Gasteiger partial charge in [0.25, 0.3) is 0 Å². The van der Waals surface area contributed by atoms with Crippen molar-refractivity contribution in [3.05, 3.63) is 0 Å². The average molecular weight is 215 g/mol. The number of rotatable bonds is 6. The first-order chi connectivity index (χ1) is 6.95. The van der Waals surface area contributed by atoms with Gasteiger partial charge in [0.1, 0.15) is 0 Å². The zero-order chi connectivity index (χ0) is 11.8. The number of hydrogen-bond acceptors (Lipinski definition) is 5. The summed E-state index contributed by atoms with van der Waals surface area (Å²) in [6.07, 6.45) is -2.25. The van der Waals surface area contributed by atoms with Gasteiger partial charge in [-0.05, 0) is 13.8 Å². The van der Waals surface area contributed by atoms with Gasteiger partial charge in [0.05, 0.1) is 37.2 Å². The van der Waals surface area contributed by atoms with Crippen LogP contribution in [0.2, 0.25) is 0 Å². The van der Waals surface area contributed by atoms with Crippen molar-refractivity contribution in [2.24, 2.45) is 0 Å². The van der Waals surface area contributed by atoms with Crippen molar-refractivity contribution in [3.8, 4) is 6.07 Å². The van der Waals surface area contributed by atoms with Gasteiger partial charge in [-0.2, -0.15) is 5.26 Å². The Morgan fingerprint density at radius 2 is 2.00 bits per heavy atom. The molecule has 0 aliphatic carbocycles. The Morgan fingerprint density at radius 3 is 2.47 bits per heavy atom. The molecule has 0 fully saturated rings. The molecule has 86 valence electrons. The highest BCUT2D eigenvalue weighted by Crippen LogP contribution is 2.07. The van der Waals surface area contributed by atoms with E-state index in [2.05, 4.69) is 0 Å². The number of nitriles is 1. The first-order valence-corrected chi connectivity index (χ1v) is 4.88. The highest BCUT2D eigenvalue weighted by Gasteiger charge is 2.16. The van der Waals surface area contributed by atoms with E-state index < -0.39 is 18.2 Å². The van der Waals surface area contributed by atoms with Gasteiger partial charge in [0, 0.05) is 6.42 Å². The molecule has 0 saturated carbocycles. The zero-order valence-corrected chi connectivity index (χ0v) is 9.01. The van der Waals surface area contributed by atoms with Gasteiger partial charge >= 0.3 is 5.97 Å². The van der Waals surface area contributed by atoms with Gasteiger partial charge in [-0.15, -0.1) is 0 Å². The van der Waals surface area contributed by atoms with Crippen molar-refractivity contribution in [1.82, 2.24) is 0 Å². The molecule has 0 aromatic rings. The van der Waals surface area contributed by atoms with Crippen LogP contribution < -0.4 is 0 Å². The Hall–Kier alpha value is -1.12. The van der Waals surface area contributed by atoms with Gasteiger partial charge in [-0.3, -0.25) is 4.79 Å². The summed E-state index contributed by atoms with van der Waals surface area (Å²) in [6.45, 7) is 3.43. The third-order valence-electron chi connectivity index (χ3n) is 1.64. The van der Waals surface area contributed by atoms with Crippen molar-refractivity contribution in [3.63, 3.8) is 0 Å². The molecule has 2 N–H and O–H groups in total. The summed E-state index contributed by atoms with van der Waals surface area (Å²) in [5.74, 6) is -0.498. The van der Waals surface area contributed by atoms with Crippen molar-refractivity contribution in [1.29, 1.82) is 5.26 Å². The molecule has 0 aliphatic rings. The molecular weight excluding hydrogens is 198 g/mol. The lowest BCUT2D eigenvalue weighted by molar-refractivity contribution is -0.149. The topological polar surface area (TPSA) is 90.6 Å². The summed E-state index contributed by atoms with van der Waals surface area (Å²) in [4.78, 5) is 11.1. The van der Waals surface area contributed by atoms with E-state index in [0.29, 0.717) is 0 Å². The molecule has 0 aromatic heterocycles. The largest absolute Gasteiger partial charge is 0.463 e. The second-order valence-corrected chi connectivity index (χ2v) is 3.65. The molecule has 0 saturated heterocycles. The van der Waals surface area contributed by atoms with Gasteiger partial charge in [-0.25, -0.2) is 0 Å². The lowest BCUT2D eigenvalue weighted by Gasteiger charge is -2.14. The number of hydrogen-bond donors (Lipinski definition) is 2. The van der Waals surface area contributed by atoms with Crippen LogP contribution in [0.4, 0.5) is 0 Å². The molecule has 0 aliphatic heterocycles. The minimum absolute atomic E-state index is 0.0146. The van der Waals surface area contributed by atoms with E-state index in [1.165, 1.54) is 0 Å². The highest BCUT2D eigenvalue weighted by molar-refractivity contribution is 5.70. The minimum atomic E-state index is -0.959. The summed E-state index contributed by atoms with van der Waals surface area (Å²) in [5, 5.41) is 26.8. The molecule has 0 spiro atoms. The van der Waals surface area contributed by atoms with Crippen LogP contribution in [-0.4, -0.2) is 34.5 Å². The quantitative estimate of drug-likeness (QED) is 0.624. The Labute approximate surface area is 89.3 Å². The standard InChI is InChI=1S/C10H17NO4/c1-7(2)15-10(14)6-9(13)5-8(12)3-4-11/h7-9,12-13H,3,5-6H2,1-2H3. The number of ether oxygens (including phenoxy) is 1. The zero-order valence-electron chi connectivity index (χ0n) is 9.01. The van der Waals surface area contributed by atoms with Crippen molar-refractivity contribution in [2.45, 2.75) is 51.4 Å². The van der Waals surface area contributed by atoms with Crippen LogP contribution >= 0.6 is 0 Å². The maximum atomic E-state index is 11.1. The fraction of sp³-hybridized carbons (Fsp3) is 0.800. The second-order valence-electron chi connectivity index (χ2n) is 3.65. The molecular formula is C10H17NO4. The van der Waals surface area contributed by atoms with Gasteiger partial charge in [-0.1, -0.05) is 0 Å². The van der Waals surface area contributed by atoms with E-state index in [4.69, 9.17) is 10.00 Å². The number of aliphatic hydroxyl groups is 2. The number of carbonyl (C=O) groups excluding carboxylic acids is 1. The third-order valence-corrected chi connectivity index (χ3v) is 1.64. The maximum Gasteiger partial charge on any atom is 0.308 e. The highest BCUT2D eigenvalue weighted by atomic mass is 16.5. The van der Waals surface area contributed by atoms with E-state index >= 15 is 0 Å². The fourth-order valence-electron chi connectivity index (χ4n) is 1.09. The predicted octanol–water partition coefficient (Wildman–Crippen LogP) is 0.354. The third kappa shape index (κ3) is 7.91. The lowest BCUT2D eigenvalue weighted by atomic mass is 10.1. The minimum Gasteiger partial charge on any atom is -0.463 e. The van der Waals surface area contributed by atoms with E-state index in [1.54, 1.807) is 19.9 Å². The molecule has 5 heteroatoms. The van der Waals surface area contributed by atoms with E-state index in [1.807, 2.05) is 0 Å². The molecule has 2 unspecified atom stereocenters. The molecule has 2 atom stereocenters. The SMILES string of the molecule is CC(C)OC(=O)CC(O)CC(O)CC#N. The smallest absolute Gasteiger partial charge is 0.308 e. The van der Waals surface area contributed by atoms with Crippen molar-refractivity contribution in [2.75, 3.05) is 0 Å². The fourth-order valence-corrected chi connectivity index (χ4v) is 1.09. The molecule has 0 aromatic carbocycles. The molecule has 0 bridgehead atoms. The van der Waals surface area contributed by atoms with Gasteiger partial charge < -0.3 is 14.9 Å². The molecule has 5 nitrogen and oxygen atoms in total. The molecule has 0 rings (SSSR count). The Bertz CT molecular complexity index is 234. The Balaban J connectivity index is 3.78. The number of aliphatic hydroxyl groups excluding tert-OH is 2. The molecule has 0 amide bonds. The van der Waals surface area contributed by atoms with Gasteiger partial charge in [0.15, 0.2) is 0 Å². The van der Waals surface area contributed by atoms with Crippen LogP contribution in [-0.2, 0) is 9.53 Å². The summed E-state index contributed by atoms with van der Waals surface area (Å²) in [7, 11) is 0. The predicted molar refractivity (Wildman–Crippen MR) is 52.7 cm³/mol. The van der Waals surface area contributed by atoms with Crippen molar-refractivity contribution < 1.29 is 19.7 Å². The number of nitrogens with zero attached hydrogens (tertiary/aromatic N) is 1. The second kappa shape index (κ2) is 7.21. The maximum absolute atomic E-state index is 11.1. The van der Waals surface area contributed by atoms with Crippen molar-refractivity contribution >= 4 is 5.97 Å². The van der Waals surface area contributed by atoms with Crippen LogP contribution in [0.1, 0.15) is 33.1 Å². The Morgan fingerprint density at radius 1 is 1.40 bits per heavy atom. The summed E-state index contributed by atoms with van der Waals surface area (Å²) in [6, 6.07) is 1.78. The number of carbonyl (C=O) groups is 1. The van der Waals surface area contributed by atoms with Crippen LogP contribution in [0.3, 0.4) is 0 Å². The van der Waals surface area contributed by atoms with Crippen LogP contribution in [0.25, 0.3) is 0 Å². The molecule has 0 heterocycles. The van der Waals surface area contributed by atoms with Crippen LogP contribution in [0, 0.1) is 11.3 Å². The van der Waals surface area contributed by atoms with E-state index in [-0.39, 0.29) is 25.4 Å². The van der Waals surface area contributed by atoms with E-state index in [9.17, 15) is 15.0 Å². The summed E-state index contributed by atoms with van der Waals surface area (Å²) >= 11 is 0. The first-order valence-electron chi connectivity index (χ1n) is 4.88. The van der Waals surface area contributed by atoms with Gasteiger partial charge in [0.2, 0.25) is 0 Å². The average Bonchev–Trinajstić information content (AvgIpc) is 2.00. The summed E-state index contributed by atoms with van der Waals surface area (Å²) < 4.78 is 4.82.